The van der Waals surface area contributed by atoms with Crippen LogP contribution < -0.4 is 27.7 Å². The van der Waals surface area contributed by atoms with Gasteiger partial charge in [0.15, 0.2) is 0 Å². The summed E-state index contributed by atoms with van der Waals surface area (Å²) in [4.78, 5) is 29.1. The van der Waals surface area contributed by atoms with Gasteiger partial charge in [0.05, 0.1) is 10.9 Å². The van der Waals surface area contributed by atoms with Crippen LogP contribution in [0.5, 0.6) is 0 Å². The Morgan fingerprint density at radius 1 is 1.31 bits per heavy atom. The summed E-state index contributed by atoms with van der Waals surface area (Å²) < 4.78 is 15.0. The van der Waals surface area contributed by atoms with E-state index in [0.29, 0.717) is 28.0 Å². The zero-order valence-electron chi connectivity index (χ0n) is 14.7. The van der Waals surface area contributed by atoms with Crippen molar-refractivity contribution in [3.63, 3.8) is 0 Å². The van der Waals surface area contributed by atoms with Gasteiger partial charge in [0.25, 0.3) is 5.56 Å². The molecule has 4 rings (SSSR count). The van der Waals surface area contributed by atoms with Gasteiger partial charge in [-0.25, -0.2) is 9.18 Å². The van der Waals surface area contributed by atoms with Crippen LogP contribution in [0.25, 0.3) is 10.9 Å². The summed E-state index contributed by atoms with van der Waals surface area (Å²) in [7, 11) is 0. The molecule has 26 heavy (non-hydrogen) atoms. The molecule has 5 N–H and O–H groups in total. The predicted molar refractivity (Wildman–Crippen MR) is 99.7 cm³/mol. The fourth-order valence-corrected chi connectivity index (χ4v) is 3.94. The molecule has 1 aliphatic heterocycles. The number of rotatable bonds is 4. The van der Waals surface area contributed by atoms with E-state index < -0.39 is 17.4 Å². The highest BCUT2D eigenvalue weighted by Crippen LogP contribution is 2.39. The van der Waals surface area contributed by atoms with E-state index in [-0.39, 0.29) is 18.5 Å². The Bertz CT molecular complexity index is 962. The molecule has 1 aromatic heterocycles. The molecule has 7 nitrogen and oxygen atoms in total. The highest BCUT2D eigenvalue weighted by Gasteiger charge is 2.37. The number of fused-ring (bicyclic) bond motifs is 1. The van der Waals surface area contributed by atoms with E-state index in [4.69, 9.17) is 11.6 Å². The molecule has 2 heterocycles. The third kappa shape index (κ3) is 2.78. The lowest BCUT2D eigenvalue weighted by Crippen LogP contribution is -2.40. The number of nitrogens with two attached hydrogens (primary N) is 2. The standard InChI is InChI=1S/C18H24FN5O2/c1-9(20)13-7-23(8-14(13)19)15-5-4-11-16(12(15)6-10-2-3-10)22-18(26)24(21)17(11)25/h4-5,9-10,13-14H,2-3,6-8,20-21H2,1H3,(H,22,26)/t9-,13+,14+/m0/s1. The molecule has 3 atom stereocenters. The average Bonchev–Trinajstić information content (AvgIpc) is 3.32. The van der Waals surface area contributed by atoms with Crippen molar-refractivity contribution in [2.45, 2.75) is 38.4 Å². The molecule has 0 radical (unpaired) electrons. The van der Waals surface area contributed by atoms with Crippen LogP contribution in [0.3, 0.4) is 0 Å². The van der Waals surface area contributed by atoms with Gasteiger partial charge >= 0.3 is 5.69 Å². The molecule has 1 aromatic carbocycles. The summed E-state index contributed by atoms with van der Waals surface area (Å²) >= 11 is 0. The summed E-state index contributed by atoms with van der Waals surface area (Å²) in [5.41, 5.74) is 7.06. The zero-order valence-corrected chi connectivity index (χ0v) is 14.7. The average molecular weight is 361 g/mol. The number of nitrogens with zero attached hydrogens (tertiary/aromatic N) is 2. The van der Waals surface area contributed by atoms with Gasteiger partial charge in [0, 0.05) is 36.3 Å². The number of benzene rings is 1. The zero-order chi connectivity index (χ0) is 18.6. The molecule has 1 saturated heterocycles. The van der Waals surface area contributed by atoms with Crippen molar-refractivity contribution < 1.29 is 4.39 Å². The summed E-state index contributed by atoms with van der Waals surface area (Å²) in [5.74, 6) is 5.84. The van der Waals surface area contributed by atoms with Crippen LogP contribution in [0.15, 0.2) is 21.7 Å². The third-order valence-electron chi connectivity index (χ3n) is 5.68. The lowest BCUT2D eigenvalue weighted by atomic mass is 10.00. The molecule has 0 spiro atoms. The maximum Gasteiger partial charge on any atom is 0.347 e. The third-order valence-corrected chi connectivity index (χ3v) is 5.68. The summed E-state index contributed by atoms with van der Waals surface area (Å²) in [6.07, 6.45) is 2.02. The van der Waals surface area contributed by atoms with Crippen LogP contribution in [0.1, 0.15) is 25.3 Å². The second-order valence-corrected chi connectivity index (χ2v) is 7.68. The number of H-pyrrole nitrogens is 1. The van der Waals surface area contributed by atoms with Gasteiger partial charge in [-0.15, -0.1) is 0 Å². The molecule has 8 heteroatoms. The van der Waals surface area contributed by atoms with E-state index in [1.165, 1.54) is 0 Å². The van der Waals surface area contributed by atoms with Crippen molar-refractivity contribution in [3.05, 3.63) is 38.5 Å². The Morgan fingerprint density at radius 3 is 2.65 bits per heavy atom. The predicted octanol–water partition coefficient (Wildman–Crippen LogP) is 0.478. The van der Waals surface area contributed by atoms with Gasteiger partial charge in [-0.2, -0.15) is 4.68 Å². The number of alkyl halides is 1. The van der Waals surface area contributed by atoms with Crippen LogP contribution in [0.4, 0.5) is 10.1 Å². The van der Waals surface area contributed by atoms with E-state index in [2.05, 4.69) is 4.98 Å². The maximum absolute atomic E-state index is 14.4. The maximum atomic E-state index is 14.4. The Balaban J connectivity index is 1.86. The topological polar surface area (TPSA) is 110 Å². The van der Waals surface area contributed by atoms with Crippen molar-refractivity contribution in [1.82, 2.24) is 9.66 Å². The van der Waals surface area contributed by atoms with Crippen molar-refractivity contribution in [2.75, 3.05) is 23.8 Å². The molecule has 0 bridgehead atoms. The number of aromatic nitrogens is 2. The summed E-state index contributed by atoms with van der Waals surface area (Å²) in [5, 5.41) is 0.381. The van der Waals surface area contributed by atoms with Crippen LogP contribution in [-0.2, 0) is 6.42 Å². The monoisotopic (exact) mass is 361 g/mol. The van der Waals surface area contributed by atoms with E-state index in [1.54, 1.807) is 6.07 Å². The van der Waals surface area contributed by atoms with Crippen LogP contribution in [0.2, 0.25) is 0 Å². The first-order chi connectivity index (χ1) is 12.4. The Hall–Kier alpha value is -2.35. The molecule has 140 valence electrons. The molecular weight excluding hydrogens is 337 g/mol. The molecule has 2 aliphatic rings. The minimum absolute atomic E-state index is 0.226. The second-order valence-electron chi connectivity index (χ2n) is 7.68. The van der Waals surface area contributed by atoms with Crippen LogP contribution >= 0.6 is 0 Å². The largest absolute Gasteiger partial charge is 0.368 e. The first-order valence-corrected chi connectivity index (χ1v) is 9.07. The first kappa shape index (κ1) is 17.1. The minimum atomic E-state index is -0.990. The lowest BCUT2D eigenvalue weighted by Gasteiger charge is -2.23. The van der Waals surface area contributed by atoms with E-state index in [9.17, 15) is 14.0 Å². The van der Waals surface area contributed by atoms with E-state index in [0.717, 1.165) is 30.5 Å². The van der Waals surface area contributed by atoms with Gasteiger partial charge in [-0.3, -0.25) is 4.79 Å². The minimum Gasteiger partial charge on any atom is -0.368 e. The highest BCUT2D eigenvalue weighted by molar-refractivity contribution is 5.86. The second kappa shape index (κ2) is 6.12. The van der Waals surface area contributed by atoms with Crippen molar-refractivity contribution in [3.8, 4) is 0 Å². The van der Waals surface area contributed by atoms with Crippen molar-refractivity contribution in [2.24, 2.45) is 17.6 Å². The van der Waals surface area contributed by atoms with Crippen LogP contribution in [0, 0.1) is 11.8 Å². The highest BCUT2D eigenvalue weighted by atomic mass is 19.1. The fraction of sp³-hybridized carbons (Fsp3) is 0.556. The smallest absolute Gasteiger partial charge is 0.347 e. The summed E-state index contributed by atoms with van der Waals surface area (Å²) in [6.45, 7) is 2.63. The Kier molecular flexibility index (Phi) is 4.02. The molecular formula is C18H24FN5O2. The van der Waals surface area contributed by atoms with Gasteiger partial charge in [0.2, 0.25) is 0 Å². The molecule has 2 aromatic rings. The fourth-order valence-electron chi connectivity index (χ4n) is 3.94. The molecule has 0 unspecified atom stereocenters. The van der Waals surface area contributed by atoms with Crippen LogP contribution in [-0.4, -0.2) is 35.0 Å². The number of nitrogens with one attached hydrogen (secondary N) is 1. The van der Waals surface area contributed by atoms with Gasteiger partial charge < -0.3 is 21.5 Å². The number of anilines is 1. The Labute approximate surface area is 149 Å². The molecule has 1 saturated carbocycles. The number of hydrogen-bond donors (Lipinski definition) is 3. The van der Waals surface area contributed by atoms with E-state index in [1.807, 2.05) is 17.9 Å². The SMILES string of the molecule is C[C@H](N)[C@H]1CN(c2ccc3c(=O)n(N)c(=O)[nH]c3c2CC2CC2)C[C@H]1F. The normalized spacial score (nSPS) is 24.3. The van der Waals surface area contributed by atoms with Gasteiger partial charge in [-0.1, -0.05) is 0 Å². The van der Waals surface area contributed by atoms with Crippen molar-refractivity contribution >= 4 is 16.6 Å². The number of aromatic amines is 1. The number of hydrogen-bond acceptors (Lipinski definition) is 5. The molecule has 0 amide bonds. The van der Waals surface area contributed by atoms with Gasteiger partial charge in [-0.05, 0) is 44.2 Å². The van der Waals surface area contributed by atoms with Crippen molar-refractivity contribution in [1.29, 1.82) is 0 Å². The Morgan fingerprint density at radius 2 is 2.04 bits per heavy atom. The quantitative estimate of drug-likeness (QED) is 0.686. The number of halogens is 1. The summed E-state index contributed by atoms with van der Waals surface area (Å²) in [6, 6.07) is 3.28. The molecule has 2 fully saturated rings. The van der Waals surface area contributed by atoms with Gasteiger partial charge in [0.1, 0.15) is 6.17 Å². The lowest BCUT2D eigenvalue weighted by molar-refractivity contribution is 0.259. The first-order valence-electron chi connectivity index (χ1n) is 9.07. The van der Waals surface area contributed by atoms with E-state index >= 15 is 0 Å². The molecule has 1 aliphatic carbocycles. The number of nitrogen functional groups attached to an aromatic ring is 1.